The monoisotopic (exact) mass is 265 g/mol. The van der Waals surface area contributed by atoms with Crippen molar-refractivity contribution in [1.29, 1.82) is 0 Å². The highest BCUT2D eigenvalue weighted by Gasteiger charge is 2.42. The van der Waals surface area contributed by atoms with Crippen molar-refractivity contribution in [3.05, 3.63) is 0 Å². The minimum Gasteiger partial charge on any atom is -0.394 e. The Hall–Kier alpha value is -0.730. The molecule has 0 radical (unpaired) electrons. The highest BCUT2D eigenvalue weighted by Crippen LogP contribution is 2.20. The van der Waals surface area contributed by atoms with E-state index in [1.54, 1.807) is 6.92 Å². The molecule has 0 saturated carbocycles. The van der Waals surface area contributed by atoms with Crippen molar-refractivity contribution in [3.8, 4) is 0 Å². The first-order chi connectivity index (χ1) is 8.51. The third kappa shape index (κ3) is 4.18. The summed E-state index contributed by atoms with van der Waals surface area (Å²) in [6, 6.07) is -0.808. The molecule has 1 rings (SSSR count). The van der Waals surface area contributed by atoms with Crippen LogP contribution in [-0.4, -0.2) is 70.0 Å². The molecule has 1 amide bonds. The van der Waals surface area contributed by atoms with Crippen LogP contribution in [0.1, 0.15) is 20.8 Å². The molecule has 5 atom stereocenters. The SMILES string of the molecule is CC.CC1OC(CO)C(O)C(O)C1NC(=O)CO. The van der Waals surface area contributed by atoms with Crippen LogP contribution in [0.3, 0.4) is 0 Å². The first kappa shape index (κ1) is 17.3. The fourth-order valence-electron chi connectivity index (χ4n) is 1.74. The number of ether oxygens (including phenoxy) is 1. The zero-order valence-electron chi connectivity index (χ0n) is 10.9. The van der Waals surface area contributed by atoms with E-state index < -0.39 is 49.6 Å². The number of carbonyl (C=O) groups excluding carboxylic acids is 1. The average molecular weight is 265 g/mol. The van der Waals surface area contributed by atoms with Crippen LogP contribution in [0.2, 0.25) is 0 Å². The topological polar surface area (TPSA) is 119 Å². The molecule has 7 nitrogen and oxygen atoms in total. The lowest BCUT2D eigenvalue weighted by molar-refractivity contribution is -0.191. The molecule has 0 bridgehead atoms. The Morgan fingerprint density at radius 3 is 2.22 bits per heavy atom. The van der Waals surface area contributed by atoms with E-state index in [1.807, 2.05) is 13.8 Å². The molecule has 5 N–H and O–H groups in total. The molecule has 18 heavy (non-hydrogen) atoms. The zero-order chi connectivity index (χ0) is 14.3. The molecule has 7 heteroatoms. The third-order valence-electron chi connectivity index (χ3n) is 2.65. The number of aliphatic hydroxyl groups is 4. The smallest absolute Gasteiger partial charge is 0.246 e. The summed E-state index contributed by atoms with van der Waals surface area (Å²) in [5.74, 6) is -0.658. The lowest BCUT2D eigenvalue weighted by Gasteiger charge is -2.41. The number of carbonyl (C=O) groups is 1. The molecule has 0 aromatic carbocycles. The summed E-state index contributed by atoms with van der Waals surface area (Å²) >= 11 is 0. The Morgan fingerprint density at radius 1 is 1.22 bits per heavy atom. The van der Waals surface area contributed by atoms with Gasteiger partial charge in [-0.1, -0.05) is 13.8 Å². The second-order valence-corrected chi connectivity index (χ2v) is 3.79. The van der Waals surface area contributed by atoms with Gasteiger partial charge in [0.25, 0.3) is 0 Å². The Morgan fingerprint density at radius 2 is 1.78 bits per heavy atom. The Balaban J connectivity index is 0.00000137. The first-order valence-corrected chi connectivity index (χ1v) is 6.04. The van der Waals surface area contributed by atoms with Crippen molar-refractivity contribution >= 4 is 5.91 Å². The average Bonchev–Trinajstić information content (AvgIpc) is 2.40. The van der Waals surface area contributed by atoms with Crippen molar-refractivity contribution in [2.24, 2.45) is 0 Å². The fraction of sp³-hybridized carbons (Fsp3) is 0.909. The van der Waals surface area contributed by atoms with Gasteiger partial charge in [0.15, 0.2) is 0 Å². The van der Waals surface area contributed by atoms with Crippen LogP contribution >= 0.6 is 0 Å². The van der Waals surface area contributed by atoms with Gasteiger partial charge in [-0.3, -0.25) is 4.79 Å². The van der Waals surface area contributed by atoms with E-state index in [4.69, 9.17) is 14.9 Å². The van der Waals surface area contributed by atoms with Crippen molar-refractivity contribution in [3.63, 3.8) is 0 Å². The summed E-state index contributed by atoms with van der Waals surface area (Å²) in [4.78, 5) is 11.0. The minimum atomic E-state index is -1.27. The van der Waals surface area contributed by atoms with Crippen LogP contribution < -0.4 is 5.32 Å². The number of aliphatic hydroxyl groups excluding tert-OH is 4. The summed E-state index contributed by atoms with van der Waals surface area (Å²) in [6.45, 7) is 4.48. The van der Waals surface area contributed by atoms with E-state index >= 15 is 0 Å². The second kappa shape index (κ2) is 8.39. The zero-order valence-corrected chi connectivity index (χ0v) is 10.9. The van der Waals surface area contributed by atoms with Gasteiger partial charge in [-0.05, 0) is 6.92 Å². The predicted octanol–water partition coefficient (Wildman–Crippen LogP) is -2.01. The van der Waals surface area contributed by atoms with E-state index in [2.05, 4.69) is 5.32 Å². The standard InChI is InChI=1S/C9H17NO6.C2H6/c1-4-7(10-6(13)3-12)9(15)8(14)5(2-11)16-4;1-2/h4-5,7-9,11-12,14-15H,2-3H2,1H3,(H,10,13);1-2H3. The van der Waals surface area contributed by atoms with E-state index in [-0.39, 0.29) is 0 Å². The molecule has 0 spiro atoms. The van der Waals surface area contributed by atoms with Crippen molar-refractivity contribution in [1.82, 2.24) is 5.32 Å². The largest absolute Gasteiger partial charge is 0.394 e. The van der Waals surface area contributed by atoms with Gasteiger partial charge in [-0.2, -0.15) is 0 Å². The van der Waals surface area contributed by atoms with Gasteiger partial charge in [-0.25, -0.2) is 0 Å². The summed E-state index contributed by atoms with van der Waals surface area (Å²) < 4.78 is 5.22. The van der Waals surface area contributed by atoms with Crippen LogP contribution in [0.25, 0.3) is 0 Å². The Labute approximate surface area is 106 Å². The summed E-state index contributed by atoms with van der Waals surface area (Å²) in [5.41, 5.74) is 0. The number of rotatable bonds is 3. The molecular weight excluding hydrogens is 242 g/mol. The molecule has 1 aliphatic rings. The highest BCUT2D eigenvalue weighted by molar-refractivity contribution is 5.77. The van der Waals surface area contributed by atoms with Crippen LogP contribution in [0.4, 0.5) is 0 Å². The van der Waals surface area contributed by atoms with Gasteiger partial charge in [0.2, 0.25) is 5.91 Å². The summed E-state index contributed by atoms with van der Waals surface area (Å²) in [5, 5.41) is 39.1. The van der Waals surface area contributed by atoms with Crippen LogP contribution in [-0.2, 0) is 9.53 Å². The molecule has 1 saturated heterocycles. The maximum atomic E-state index is 11.0. The minimum absolute atomic E-state index is 0.413. The Bertz CT molecular complexity index is 250. The van der Waals surface area contributed by atoms with Gasteiger partial charge in [0.1, 0.15) is 24.9 Å². The molecule has 1 fully saturated rings. The molecule has 0 aromatic heterocycles. The second-order valence-electron chi connectivity index (χ2n) is 3.79. The quantitative estimate of drug-likeness (QED) is 0.402. The van der Waals surface area contributed by atoms with E-state index in [1.165, 1.54) is 0 Å². The molecule has 108 valence electrons. The van der Waals surface area contributed by atoms with Gasteiger partial charge in [-0.15, -0.1) is 0 Å². The molecule has 1 aliphatic heterocycles. The van der Waals surface area contributed by atoms with Gasteiger partial charge < -0.3 is 30.5 Å². The van der Waals surface area contributed by atoms with Gasteiger partial charge >= 0.3 is 0 Å². The van der Waals surface area contributed by atoms with Gasteiger partial charge in [0, 0.05) is 0 Å². The maximum absolute atomic E-state index is 11.0. The normalized spacial score (nSPS) is 35.4. The first-order valence-electron chi connectivity index (χ1n) is 6.04. The van der Waals surface area contributed by atoms with Crippen molar-refractivity contribution in [2.45, 2.75) is 51.2 Å². The molecule has 0 aliphatic carbocycles. The van der Waals surface area contributed by atoms with E-state index in [0.29, 0.717) is 0 Å². The van der Waals surface area contributed by atoms with Crippen molar-refractivity contribution in [2.75, 3.05) is 13.2 Å². The number of amides is 1. The lowest BCUT2D eigenvalue weighted by Crippen LogP contribution is -2.63. The molecule has 1 heterocycles. The number of hydrogen-bond acceptors (Lipinski definition) is 6. The summed E-state index contributed by atoms with van der Waals surface area (Å²) in [7, 11) is 0. The third-order valence-corrected chi connectivity index (χ3v) is 2.65. The predicted molar refractivity (Wildman–Crippen MR) is 63.8 cm³/mol. The molecule has 0 aromatic rings. The fourth-order valence-corrected chi connectivity index (χ4v) is 1.74. The van der Waals surface area contributed by atoms with Crippen LogP contribution in [0, 0.1) is 0 Å². The number of hydrogen-bond donors (Lipinski definition) is 5. The van der Waals surface area contributed by atoms with Crippen LogP contribution in [0.15, 0.2) is 0 Å². The lowest BCUT2D eigenvalue weighted by atomic mass is 9.93. The van der Waals surface area contributed by atoms with Crippen LogP contribution in [0.5, 0.6) is 0 Å². The molecular formula is C11H23NO6. The summed E-state index contributed by atoms with van der Waals surface area (Å²) in [6.07, 6.45) is -3.94. The van der Waals surface area contributed by atoms with Crippen molar-refractivity contribution < 1.29 is 30.0 Å². The van der Waals surface area contributed by atoms with E-state index in [0.717, 1.165) is 0 Å². The Kier molecular flexibility index (Phi) is 8.05. The maximum Gasteiger partial charge on any atom is 0.246 e. The highest BCUT2D eigenvalue weighted by atomic mass is 16.5. The molecule has 5 unspecified atom stereocenters. The van der Waals surface area contributed by atoms with E-state index in [9.17, 15) is 15.0 Å². The number of nitrogens with one attached hydrogen (secondary N) is 1. The van der Waals surface area contributed by atoms with Gasteiger partial charge in [0.05, 0.1) is 18.8 Å².